The van der Waals surface area contributed by atoms with E-state index in [1.165, 1.54) is 6.26 Å². The fourth-order valence-electron chi connectivity index (χ4n) is 3.00. The van der Waals surface area contributed by atoms with Gasteiger partial charge < -0.3 is 4.42 Å². The Morgan fingerprint density at radius 1 is 1.39 bits per heavy atom. The Hall–Kier alpha value is -1.64. The van der Waals surface area contributed by atoms with E-state index in [9.17, 15) is 8.42 Å². The van der Waals surface area contributed by atoms with Gasteiger partial charge in [0, 0.05) is 25.8 Å². The predicted molar refractivity (Wildman–Crippen MR) is 86.3 cm³/mol. The highest BCUT2D eigenvalue weighted by Crippen LogP contribution is 2.24. The van der Waals surface area contributed by atoms with Crippen LogP contribution >= 0.6 is 0 Å². The Labute approximate surface area is 136 Å². The Balaban J connectivity index is 1.67. The van der Waals surface area contributed by atoms with E-state index in [0.29, 0.717) is 13.0 Å². The molecule has 7 nitrogen and oxygen atoms in total. The molecule has 0 saturated heterocycles. The van der Waals surface area contributed by atoms with Gasteiger partial charge in [0.05, 0.1) is 24.5 Å². The van der Waals surface area contributed by atoms with Crippen LogP contribution in [0.5, 0.6) is 0 Å². The van der Waals surface area contributed by atoms with Gasteiger partial charge >= 0.3 is 0 Å². The monoisotopic (exact) mass is 338 g/mol. The summed E-state index contributed by atoms with van der Waals surface area (Å²) < 4.78 is 32.7. The van der Waals surface area contributed by atoms with Gasteiger partial charge in [0.2, 0.25) is 10.0 Å². The van der Waals surface area contributed by atoms with E-state index in [1.54, 1.807) is 6.20 Å². The normalized spacial score (nSPS) is 19.0. The molecule has 0 aliphatic carbocycles. The molecule has 0 saturated carbocycles. The predicted octanol–water partition coefficient (Wildman–Crippen LogP) is 1.28. The standard InChI is InChI=1S/C15H22N4O3S/c1-12-3-4-15(22-12)11-18-9-13-5-7-16-19(13)14(10-18)6-8-17-23(2,20)21/h3-5,7,14,17H,6,8-11H2,1-2H3/t14-/m0/s1. The third-order valence-corrected chi connectivity index (χ3v) is 4.70. The molecular weight excluding hydrogens is 316 g/mol. The summed E-state index contributed by atoms with van der Waals surface area (Å²) in [6, 6.07) is 6.13. The number of hydrogen-bond acceptors (Lipinski definition) is 5. The molecule has 3 rings (SSSR count). The summed E-state index contributed by atoms with van der Waals surface area (Å²) in [7, 11) is -3.16. The second kappa shape index (κ2) is 6.46. The molecule has 1 aliphatic rings. The molecule has 0 radical (unpaired) electrons. The van der Waals surface area contributed by atoms with Crippen LogP contribution < -0.4 is 4.72 Å². The van der Waals surface area contributed by atoms with Crippen LogP contribution in [0.1, 0.15) is 29.7 Å². The quantitative estimate of drug-likeness (QED) is 0.858. The van der Waals surface area contributed by atoms with Gasteiger partial charge in [0.25, 0.3) is 0 Å². The highest BCUT2D eigenvalue weighted by Gasteiger charge is 2.26. The van der Waals surface area contributed by atoms with Crippen LogP contribution in [0, 0.1) is 6.92 Å². The maximum Gasteiger partial charge on any atom is 0.208 e. The molecule has 3 heterocycles. The molecular formula is C15H22N4O3S. The molecule has 1 atom stereocenters. The number of aryl methyl sites for hydroxylation is 1. The fraction of sp³-hybridized carbons (Fsp3) is 0.533. The summed E-state index contributed by atoms with van der Waals surface area (Å²) in [5, 5.41) is 4.39. The first-order valence-corrected chi connectivity index (χ1v) is 9.54. The van der Waals surface area contributed by atoms with Gasteiger partial charge in [-0.25, -0.2) is 13.1 Å². The molecule has 0 unspecified atom stereocenters. The molecule has 0 aromatic carbocycles. The molecule has 23 heavy (non-hydrogen) atoms. The number of nitrogens with one attached hydrogen (secondary N) is 1. The fourth-order valence-corrected chi connectivity index (χ4v) is 3.49. The highest BCUT2D eigenvalue weighted by atomic mass is 32.2. The van der Waals surface area contributed by atoms with E-state index >= 15 is 0 Å². The van der Waals surface area contributed by atoms with E-state index in [2.05, 4.69) is 14.7 Å². The number of sulfonamides is 1. The molecule has 126 valence electrons. The Morgan fingerprint density at radius 3 is 2.91 bits per heavy atom. The van der Waals surface area contributed by atoms with Gasteiger partial charge in [-0.2, -0.15) is 5.10 Å². The second-order valence-electron chi connectivity index (χ2n) is 6.06. The van der Waals surface area contributed by atoms with Crippen molar-refractivity contribution in [3.8, 4) is 0 Å². The number of rotatable bonds is 6. The lowest BCUT2D eigenvalue weighted by Gasteiger charge is -2.33. The molecule has 0 spiro atoms. The summed E-state index contributed by atoms with van der Waals surface area (Å²) in [6.45, 7) is 4.73. The topological polar surface area (TPSA) is 80.4 Å². The summed E-state index contributed by atoms with van der Waals surface area (Å²) in [6.07, 6.45) is 3.68. The molecule has 0 amide bonds. The van der Waals surface area contributed by atoms with Crippen molar-refractivity contribution in [1.82, 2.24) is 19.4 Å². The van der Waals surface area contributed by atoms with Crippen molar-refractivity contribution in [1.29, 1.82) is 0 Å². The lowest BCUT2D eigenvalue weighted by atomic mass is 10.1. The lowest BCUT2D eigenvalue weighted by molar-refractivity contribution is 0.151. The SMILES string of the molecule is Cc1ccc(CN2Cc3ccnn3[C@@H](CCNS(C)(=O)=O)C2)o1. The van der Waals surface area contributed by atoms with Gasteiger partial charge in [0.15, 0.2) is 0 Å². The van der Waals surface area contributed by atoms with E-state index in [0.717, 1.165) is 36.8 Å². The van der Waals surface area contributed by atoms with Gasteiger partial charge in [-0.15, -0.1) is 0 Å². The zero-order valence-corrected chi connectivity index (χ0v) is 14.2. The average Bonchev–Trinajstić information content (AvgIpc) is 3.06. The minimum Gasteiger partial charge on any atom is -0.465 e. The van der Waals surface area contributed by atoms with Gasteiger partial charge in [-0.3, -0.25) is 9.58 Å². The van der Waals surface area contributed by atoms with Crippen LogP contribution in [-0.4, -0.2) is 42.4 Å². The minimum atomic E-state index is -3.16. The van der Waals surface area contributed by atoms with Crippen LogP contribution in [0.4, 0.5) is 0 Å². The van der Waals surface area contributed by atoms with E-state index in [4.69, 9.17) is 4.42 Å². The van der Waals surface area contributed by atoms with Crippen LogP contribution in [-0.2, 0) is 23.1 Å². The molecule has 0 fully saturated rings. The number of hydrogen-bond donors (Lipinski definition) is 1. The largest absolute Gasteiger partial charge is 0.465 e. The van der Waals surface area contributed by atoms with E-state index in [1.807, 2.05) is 29.8 Å². The number of fused-ring (bicyclic) bond motifs is 1. The van der Waals surface area contributed by atoms with Crippen LogP contribution in [0.2, 0.25) is 0 Å². The van der Waals surface area contributed by atoms with Crippen LogP contribution in [0.25, 0.3) is 0 Å². The van der Waals surface area contributed by atoms with Crippen molar-refractivity contribution in [2.45, 2.75) is 32.5 Å². The minimum absolute atomic E-state index is 0.152. The van der Waals surface area contributed by atoms with Crippen molar-refractivity contribution >= 4 is 10.0 Å². The smallest absolute Gasteiger partial charge is 0.208 e. The summed E-state index contributed by atoms with van der Waals surface area (Å²) in [5.41, 5.74) is 1.14. The number of furan rings is 1. The molecule has 2 aromatic heterocycles. The first kappa shape index (κ1) is 16.2. The van der Waals surface area contributed by atoms with Crippen LogP contribution in [0.3, 0.4) is 0 Å². The van der Waals surface area contributed by atoms with Crippen molar-refractivity contribution < 1.29 is 12.8 Å². The Kier molecular flexibility index (Phi) is 4.56. The molecule has 1 N–H and O–H groups in total. The maximum absolute atomic E-state index is 11.2. The van der Waals surface area contributed by atoms with Crippen LogP contribution in [0.15, 0.2) is 28.8 Å². The summed E-state index contributed by atoms with van der Waals surface area (Å²) >= 11 is 0. The third kappa shape index (κ3) is 4.21. The highest BCUT2D eigenvalue weighted by molar-refractivity contribution is 7.88. The van der Waals surface area contributed by atoms with Gasteiger partial charge in [-0.05, 0) is 31.5 Å². The summed E-state index contributed by atoms with van der Waals surface area (Å²) in [4.78, 5) is 2.31. The zero-order valence-electron chi connectivity index (χ0n) is 13.4. The van der Waals surface area contributed by atoms with Crippen molar-refractivity contribution in [3.05, 3.63) is 41.6 Å². The van der Waals surface area contributed by atoms with Gasteiger partial charge in [0.1, 0.15) is 11.5 Å². The molecule has 1 aliphatic heterocycles. The van der Waals surface area contributed by atoms with Crippen molar-refractivity contribution in [3.63, 3.8) is 0 Å². The number of nitrogens with zero attached hydrogens (tertiary/aromatic N) is 3. The average molecular weight is 338 g/mol. The van der Waals surface area contributed by atoms with Crippen molar-refractivity contribution in [2.75, 3.05) is 19.3 Å². The van der Waals surface area contributed by atoms with E-state index < -0.39 is 10.0 Å². The second-order valence-corrected chi connectivity index (χ2v) is 7.89. The number of aromatic nitrogens is 2. The summed E-state index contributed by atoms with van der Waals surface area (Å²) in [5.74, 6) is 1.86. The maximum atomic E-state index is 11.2. The Morgan fingerprint density at radius 2 is 2.22 bits per heavy atom. The van der Waals surface area contributed by atoms with Gasteiger partial charge in [-0.1, -0.05) is 0 Å². The zero-order chi connectivity index (χ0) is 16.4. The molecule has 2 aromatic rings. The molecule has 8 heteroatoms. The first-order valence-electron chi connectivity index (χ1n) is 7.65. The third-order valence-electron chi connectivity index (χ3n) is 3.97. The van der Waals surface area contributed by atoms with E-state index in [-0.39, 0.29) is 6.04 Å². The Bertz CT molecular complexity index is 765. The lowest BCUT2D eigenvalue weighted by Crippen LogP contribution is -2.38. The van der Waals surface area contributed by atoms with Crippen molar-refractivity contribution in [2.24, 2.45) is 0 Å². The molecule has 0 bridgehead atoms. The first-order chi connectivity index (χ1) is 10.9.